The van der Waals surface area contributed by atoms with Gasteiger partial charge in [-0.2, -0.15) is 0 Å². The SMILES string of the molecule is c1ccc(-c2nc(-c3cccc4c3-c3ccccc3C4(c3ccccc3)c3ccccc3)nc(-c3cccc4sc5c(-c6nc7ccccc7s6)cccc5c34)n2)cc1. The molecule has 3 aromatic heterocycles. The van der Waals surface area contributed by atoms with Gasteiger partial charge in [-0.25, -0.2) is 19.9 Å². The minimum atomic E-state index is -0.537. The molecule has 0 saturated carbocycles. The summed E-state index contributed by atoms with van der Waals surface area (Å²) in [6, 6.07) is 69.0. The fourth-order valence-electron chi connectivity index (χ4n) is 9.20. The highest BCUT2D eigenvalue weighted by molar-refractivity contribution is 7.27. The summed E-state index contributed by atoms with van der Waals surface area (Å²) in [6.45, 7) is 0. The Balaban J connectivity index is 1.12. The molecule has 0 fully saturated rings. The van der Waals surface area contributed by atoms with Crippen molar-refractivity contribution in [3.05, 3.63) is 216 Å². The third-order valence-electron chi connectivity index (χ3n) is 11.7. The van der Waals surface area contributed by atoms with Crippen molar-refractivity contribution in [2.24, 2.45) is 0 Å². The number of para-hydroxylation sites is 1. The van der Waals surface area contributed by atoms with Gasteiger partial charge in [-0.3, -0.25) is 0 Å². The third kappa shape index (κ3) is 5.20. The number of thiophene rings is 1. The number of nitrogens with zero attached hydrogens (tertiary/aromatic N) is 4. The molecule has 0 amide bonds. The minimum Gasteiger partial charge on any atom is -0.236 e. The monoisotopic (exact) mass is 788 g/mol. The van der Waals surface area contributed by atoms with Gasteiger partial charge < -0.3 is 0 Å². The summed E-state index contributed by atoms with van der Waals surface area (Å²) in [5.41, 5.74) is 11.8. The van der Waals surface area contributed by atoms with Crippen molar-refractivity contribution in [1.82, 2.24) is 19.9 Å². The first kappa shape index (κ1) is 34.0. The van der Waals surface area contributed by atoms with Crippen molar-refractivity contribution in [2.75, 3.05) is 0 Å². The molecule has 4 nitrogen and oxygen atoms in total. The zero-order valence-electron chi connectivity index (χ0n) is 31.6. The lowest BCUT2D eigenvalue weighted by molar-refractivity contribution is 0.768. The molecule has 0 unspecified atom stereocenters. The summed E-state index contributed by atoms with van der Waals surface area (Å²) in [7, 11) is 0. The number of rotatable bonds is 6. The van der Waals surface area contributed by atoms with Crippen LogP contribution in [0.1, 0.15) is 22.3 Å². The first-order valence-electron chi connectivity index (χ1n) is 19.7. The highest BCUT2D eigenvalue weighted by atomic mass is 32.1. The molecule has 1 aliphatic carbocycles. The van der Waals surface area contributed by atoms with Gasteiger partial charge >= 0.3 is 0 Å². The topological polar surface area (TPSA) is 51.6 Å². The van der Waals surface area contributed by atoms with Crippen LogP contribution in [-0.4, -0.2) is 19.9 Å². The van der Waals surface area contributed by atoms with Gasteiger partial charge in [0.05, 0.1) is 15.6 Å². The Morgan fingerprint density at radius 1 is 0.373 bits per heavy atom. The fourth-order valence-corrected chi connectivity index (χ4v) is 11.5. The Morgan fingerprint density at radius 2 is 0.932 bits per heavy atom. The summed E-state index contributed by atoms with van der Waals surface area (Å²) in [5.74, 6) is 1.92. The van der Waals surface area contributed by atoms with Gasteiger partial charge in [0.25, 0.3) is 0 Å². The Kier molecular flexibility index (Phi) is 7.77. The van der Waals surface area contributed by atoms with Crippen molar-refractivity contribution in [3.8, 4) is 55.9 Å². The van der Waals surface area contributed by atoms with Crippen LogP contribution >= 0.6 is 22.7 Å². The maximum atomic E-state index is 5.46. The van der Waals surface area contributed by atoms with Crippen molar-refractivity contribution >= 4 is 53.1 Å². The lowest BCUT2D eigenvalue weighted by atomic mass is 9.67. The first-order valence-corrected chi connectivity index (χ1v) is 21.4. The van der Waals surface area contributed by atoms with Crippen LogP contribution < -0.4 is 0 Å². The Morgan fingerprint density at radius 3 is 1.71 bits per heavy atom. The van der Waals surface area contributed by atoms with Crippen LogP contribution in [0.4, 0.5) is 0 Å². The first-order chi connectivity index (χ1) is 29.3. The molecule has 1 aliphatic rings. The number of hydrogen-bond donors (Lipinski definition) is 0. The zero-order chi connectivity index (χ0) is 38.9. The highest BCUT2D eigenvalue weighted by Gasteiger charge is 2.47. The summed E-state index contributed by atoms with van der Waals surface area (Å²) in [6.07, 6.45) is 0. The van der Waals surface area contributed by atoms with Gasteiger partial charge in [0.1, 0.15) is 5.01 Å². The van der Waals surface area contributed by atoms with E-state index in [1.165, 1.54) is 47.3 Å². The second kappa shape index (κ2) is 13.5. The largest absolute Gasteiger partial charge is 0.236 e. The predicted octanol–water partition coefficient (Wildman–Crippen LogP) is 13.9. The summed E-state index contributed by atoms with van der Waals surface area (Å²) >= 11 is 3.54. The minimum absolute atomic E-state index is 0.537. The number of benzene rings is 8. The van der Waals surface area contributed by atoms with E-state index in [-0.39, 0.29) is 0 Å². The number of aromatic nitrogens is 4. The molecule has 6 heteroatoms. The standard InChI is InChI=1S/C53H32N4S2/c1-4-17-33(18-5-1)49-55-50(38-25-15-29-42-46(38)36-23-10-11-28-41(36)53(42,34-19-6-2-7-20-34)35-21-8-3-9-22-35)57-51(56-49)39-26-16-32-45-47(39)37-24-14-27-40(48(37)58-45)52-54-43-30-12-13-31-44(43)59-52/h1-32H. The molecule has 3 heterocycles. The molecule has 8 aromatic carbocycles. The molecule has 0 radical (unpaired) electrons. The van der Waals surface area contributed by atoms with Gasteiger partial charge in [0, 0.05) is 42.4 Å². The Hall–Kier alpha value is -7.12. The summed E-state index contributed by atoms with van der Waals surface area (Å²) in [5, 5.41) is 3.34. The summed E-state index contributed by atoms with van der Waals surface area (Å²) < 4.78 is 3.58. The normalized spacial score (nSPS) is 12.9. The van der Waals surface area contributed by atoms with E-state index in [4.69, 9.17) is 19.9 Å². The second-order valence-electron chi connectivity index (χ2n) is 14.9. The number of fused-ring (bicyclic) bond motifs is 7. The smallest absolute Gasteiger partial charge is 0.164 e. The van der Waals surface area contributed by atoms with Crippen LogP contribution in [0.5, 0.6) is 0 Å². The highest BCUT2D eigenvalue weighted by Crippen LogP contribution is 2.58. The van der Waals surface area contributed by atoms with Gasteiger partial charge in [-0.05, 0) is 51.6 Å². The average Bonchev–Trinajstić information content (AvgIpc) is 4.01. The number of thiazole rings is 1. The molecule has 12 rings (SSSR count). The van der Waals surface area contributed by atoms with E-state index in [1.807, 2.05) is 18.2 Å². The predicted molar refractivity (Wildman–Crippen MR) is 245 cm³/mol. The Bertz CT molecular complexity index is 3320. The molecule has 0 bridgehead atoms. The maximum absolute atomic E-state index is 5.46. The van der Waals surface area contributed by atoms with E-state index in [0.29, 0.717) is 17.5 Å². The van der Waals surface area contributed by atoms with E-state index in [9.17, 15) is 0 Å². The van der Waals surface area contributed by atoms with E-state index in [1.54, 1.807) is 22.7 Å². The maximum Gasteiger partial charge on any atom is 0.164 e. The van der Waals surface area contributed by atoms with E-state index < -0.39 is 5.41 Å². The second-order valence-corrected chi connectivity index (χ2v) is 17.0. The van der Waals surface area contributed by atoms with Gasteiger partial charge in [0.2, 0.25) is 0 Å². The number of hydrogen-bond acceptors (Lipinski definition) is 6. The molecule has 276 valence electrons. The fraction of sp³-hybridized carbons (Fsp3) is 0.0189. The van der Waals surface area contributed by atoms with E-state index >= 15 is 0 Å². The molecule has 11 aromatic rings. The van der Waals surface area contributed by atoms with Crippen LogP contribution in [-0.2, 0) is 5.41 Å². The molecule has 0 atom stereocenters. The quantitative estimate of drug-likeness (QED) is 0.168. The molecule has 0 N–H and O–H groups in total. The van der Waals surface area contributed by atoms with Crippen LogP contribution in [0, 0.1) is 0 Å². The van der Waals surface area contributed by atoms with Crippen LogP contribution in [0.25, 0.3) is 86.3 Å². The molecule has 59 heavy (non-hydrogen) atoms. The third-order valence-corrected chi connectivity index (χ3v) is 14.0. The lowest BCUT2D eigenvalue weighted by Gasteiger charge is -2.33. The molecule has 0 spiro atoms. The molecule has 0 saturated heterocycles. The van der Waals surface area contributed by atoms with Crippen LogP contribution in [0.3, 0.4) is 0 Å². The van der Waals surface area contributed by atoms with Crippen LogP contribution in [0.15, 0.2) is 194 Å². The van der Waals surface area contributed by atoms with Gasteiger partial charge in [0.15, 0.2) is 17.5 Å². The van der Waals surface area contributed by atoms with Crippen molar-refractivity contribution in [3.63, 3.8) is 0 Å². The average molecular weight is 789 g/mol. The van der Waals surface area contributed by atoms with Crippen molar-refractivity contribution < 1.29 is 0 Å². The molecule has 0 aliphatic heterocycles. The molecular weight excluding hydrogens is 757 g/mol. The van der Waals surface area contributed by atoms with Gasteiger partial charge in [-0.15, -0.1) is 22.7 Å². The van der Waals surface area contributed by atoms with Crippen molar-refractivity contribution in [1.29, 1.82) is 0 Å². The van der Waals surface area contributed by atoms with Crippen LogP contribution in [0.2, 0.25) is 0 Å². The lowest BCUT2D eigenvalue weighted by Crippen LogP contribution is -2.28. The summed E-state index contributed by atoms with van der Waals surface area (Å²) in [4.78, 5) is 21.1. The molecular formula is C53H32N4S2. The Labute approximate surface area is 348 Å². The van der Waals surface area contributed by atoms with E-state index in [0.717, 1.165) is 43.7 Å². The zero-order valence-corrected chi connectivity index (χ0v) is 33.2. The van der Waals surface area contributed by atoms with E-state index in [2.05, 4.69) is 176 Å². The van der Waals surface area contributed by atoms with Crippen molar-refractivity contribution in [2.45, 2.75) is 5.41 Å². The van der Waals surface area contributed by atoms with Gasteiger partial charge in [-0.1, -0.05) is 176 Å².